The van der Waals surface area contributed by atoms with E-state index < -0.39 is 0 Å². The smallest absolute Gasteiger partial charge is 0.113 e. The molecule has 1 aliphatic heterocycles. The van der Waals surface area contributed by atoms with Crippen molar-refractivity contribution in [3.63, 3.8) is 0 Å². The van der Waals surface area contributed by atoms with Gasteiger partial charge in [0.2, 0.25) is 0 Å². The van der Waals surface area contributed by atoms with E-state index in [4.69, 9.17) is 0 Å². The number of anilines is 1. The second kappa shape index (κ2) is 4.96. The predicted molar refractivity (Wildman–Crippen MR) is 75.6 cm³/mol. The molecule has 1 heterocycles. The Balaban J connectivity index is 2.39. The maximum Gasteiger partial charge on any atom is 0.113 e. The van der Waals surface area contributed by atoms with Crippen molar-refractivity contribution < 1.29 is 5.11 Å². The molecule has 0 unspecified atom stereocenters. The number of hydrogen-bond donors (Lipinski definition) is 1. The van der Waals surface area contributed by atoms with Crippen LogP contribution < -0.4 is 4.90 Å². The van der Waals surface area contributed by atoms with Crippen LogP contribution in [-0.2, 0) is 0 Å². The van der Waals surface area contributed by atoms with Gasteiger partial charge in [-0.05, 0) is 37.1 Å². The number of nitrogens with zero attached hydrogens (tertiary/aromatic N) is 1. The molecule has 1 aromatic carbocycles. The number of aliphatic hydroxyl groups excluding tert-OH is 1. The third-order valence-electron chi connectivity index (χ3n) is 3.04. The van der Waals surface area contributed by atoms with Crippen LogP contribution in [0.2, 0.25) is 0 Å². The summed E-state index contributed by atoms with van der Waals surface area (Å²) in [4.78, 5) is 2.03. The molecule has 0 radical (unpaired) electrons. The lowest BCUT2D eigenvalue weighted by molar-refractivity contribution is 0.396. The van der Waals surface area contributed by atoms with E-state index in [0.29, 0.717) is 12.2 Å². The fraction of sp³-hybridized carbons (Fsp3) is 0.286. The number of halogens is 1. The topological polar surface area (TPSA) is 23.5 Å². The maximum absolute atomic E-state index is 9.64. The molecule has 17 heavy (non-hydrogen) atoms. The molecule has 0 aliphatic carbocycles. The van der Waals surface area contributed by atoms with E-state index in [1.54, 1.807) is 6.20 Å². The van der Waals surface area contributed by atoms with Gasteiger partial charge in [0, 0.05) is 29.3 Å². The van der Waals surface area contributed by atoms with E-state index in [2.05, 4.69) is 48.0 Å². The molecule has 0 amide bonds. The van der Waals surface area contributed by atoms with E-state index >= 15 is 0 Å². The molecule has 90 valence electrons. The average molecular weight is 294 g/mol. The minimum absolute atomic E-state index is 0.396. The molecule has 0 saturated carbocycles. The summed E-state index contributed by atoms with van der Waals surface area (Å²) in [6.45, 7) is 4.20. The van der Waals surface area contributed by atoms with Gasteiger partial charge in [-0.3, -0.25) is 0 Å². The first-order valence-corrected chi connectivity index (χ1v) is 6.75. The molecule has 0 atom stereocenters. The molecule has 1 N–H and O–H groups in total. The minimum Gasteiger partial charge on any atom is -0.510 e. The number of hydrogen-bond acceptors (Lipinski definition) is 2. The Morgan fingerprint density at radius 2 is 2.06 bits per heavy atom. The fourth-order valence-electron chi connectivity index (χ4n) is 1.84. The van der Waals surface area contributed by atoms with Crippen LogP contribution in [-0.4, -0.2) is 10.4 Å². The lowest BCUT2D eigenvalue weighted by atomic mass is 10.1. The van der Waals surface area contributed by atoms with Gasteiger partial charge in [0.15, 0.2) is 0 Å². The van der Waals surface area contributed by atoms with E-state index in [1.807, 2.05) is 11.0 Å². The summed E-state index contributed by atoms with van der Waals surface area (Å²) >= 11 is 3.48. The highest BCUT2D eigenvalue weighted by Gasteiger charge is 2.14. The van der Waals surface area contributed by atoms with Gasteiger partial charge in [0.25, 0.3) is 0 Å². The fourth-order valence-corrected chi connectivity index (χ4v) is 2.34. The van der Waals surface area contributed by atoms with Gasteiger partial charge < -0.3 is 10.0 Å². The van der Waals surface area contributed by atoms with Crippen LogP contribution in [0.1, 0.15) is 17.5 Å². The highest BCUT2D eigenvalue weighted by Crippen LogP contribution is 2.27. The van der Waals surface area contributed by atoms with Gasteiger partial charge >= 0.3 is 0 Å². The van der Waals surface area contributed by atoms with Crippen LogP contribution in [0.4, 0.5) is 5.69 Å². The van der Waals surface area contributed by atoms with Crippen molar-refractivity contribution in [2.75, 3.05) is 10.2 Å². The molecule has 0 aromatic heterocycles. The summed E-state index contributed by atoms with van der Waals surface area (Å²) in [5.41, 5.74) is 4.79. The summed E-state index contributed by atoms with van der Waals surface area (Å²) in [7, 11) is 0. The van der Waals surface area contributed by atoms with Crippen molar-refractivity contribution in [2.24, 2.45) is 0 Å². The van der Waals surface area contributed by atoms with Crippen molar-refractivity contribution in [1.82, 2.24) is 0 Å². The van der Waals surface area contributed by atoms with Crippen LogP contribution in [0.5, 0.6) is 0 Å². The first-order chi connectivity index (χ1) is 8.11. The number of rotatable bonds is 2. The second-order valence-corrected chi connectivity index (χ2v) is 4.85. The zero-order valence-corrected chi connectivity index (χ0v) is 11.7. The highest BCUT2D eigenvalue weighted by atomic mass is 79.9. The normalized spacial score (nSPS) is 15.6. The van der Waals surface area contributed by atoms with Crippen LogP contribution in [0, 0.1) is 13.8 Å². The Labute approximate surface area is 110 Å². The summed E-state index contributed by atoms with van der Waals surface area (Å²) in [6, 6.07) is 6.32. The Morgan fingerprint density at radius 1 is 1.29 bits per heavy atom. The molecule has 1 aromatic rings. The molecule has 0 bridgehead atoms. The van der Waals surface area contributed by atoms with Gasteiger partial charge in [0.1, 0.15) is 5.76 Å². The van der Waals surface area contributed by atoms with Crippen LogP contribution in [0.25, 0.3) is 0 Å². The standard InChI is InChI=1S/C14H16BrNO/c1-10-3-4-12(7-11(10)2)16-9-14(17)6-5-13(16)8-15/h3-5,7,9,17H,6,8H2,1-2H3. The van der Waals surface area contributed by atoms with E-state index in [9.17, 15) is 5.11 Å². The van der Waals surface area contributed by atoms with Crippen LogP contribution >= 0.6 is 15.9 Å². The third kappa shape index (κ3) is 2.55. The summed E-state index contributed by atoms with van der Waals surface area (Å²) in [5.74, 6) is 0.396. The molecular formula is C14H16BrNO. The molecule has 0 saturated heterocycles. The average Bonchev–Trinajstić information content (AvgIpc) is 2.32. The lowest BCUT2D eigenvalue weighted by Gasteiger charge is -2.26. The number of alkyl halides is 1. The van der Waals surface area contributed by atoms with Crippen molar-refractivity contribution in [3.05, 3.63) is 53.1 Å². The van der Waals surface area contributed by atoms with Crippen molar-refractivity contribution >= 4 is 21.6 Å². The van der Waals surface area contributed by atoms with Crippen molar-refractivity contribution in [2.45, 2.75) is 20.3 Å². The molecule has 1 aliphatic rings. The minimum atomic E-state index is 0.396. The van der Waals surface area contributed by atoms with E-state index in [-0.39, 0.29) is 0 Å². The Bertz CT molecular complexity index is 491. The molecule has 2 rings (SSSR count). The molecule has 3 heteroatoms. The first kappa shape index (κ1) is 12.2. The van der Waals surface area contributed by atoms with Gasteiger partial charge in [-0.1, -0.05) is 28.1 Å². The molecule has 2 nitrogen and oxygen atoms in total. The molecular weight excluding hydrogens is 278 g/mol. The quantitative estimate of drug-likeness (QED) is 0.827. The monoisotopic (exact) mass is 293 g/mol. The number of benzene rings is 1. The van der Waals surface area contributed by atoms with Gasteiger partial charge in [-0.15, -0.1) is 0 Å². The van der Waals surface area contributed by atoms with Gasteiger partial charge in [0.05, 0.1) is 0 Å². The Morgan fingerprint density at radius 3 is 2.71 bits per heavy atom. The van der Waals surface area contributed by atoms with Crippen molar-refractivity contribution in [3.8, 4) is 0 Å². The second-order valence-electron chi connectivity index (χ2n) is 4.29. The summed E-state index contributed by atoms with van der Waals surface area (Å²) in [5, 5.41) is 10.4. The van der Waals surface area contributed by atoms with Crippen molar-refractivity contribution in [1.29, 1.82) is 0 Å². The highest BCUT2D eigenvalue weighted by molar-refractivity contribution is 9.09. The number of aryl methyl sites for hydroxylation is 2. The predicted octanol–water partition coefficient (Wildman–Crippen LogP) is 4.19. The maximum atomic E-state index is 9.64. The summed E-state index contributed by atoms with van der Waals surface area (Å²) in [6.07, 6.45) is 4.45. The zero-order valence-electron chi connectivity index (χ0n) is 10.1. The van der Waals surface area contributed by atoms with Crippen LogP contribution in [0.15, 0.2) is 41.9 Å². The van der Waals surface area contributed by atoms with Gasteiger partial charge in [-0.25, -0.2) is 0 Å². The zero-order chi connectivity index (χ0) is 12.4. The molecule has 0 spiro atoms. The number of aliphatic hydroxyl groups is 1. The SMILES string of the molecule is Cc1ccc(N2C=C(O)CC=C2CBr)cc1C. The third-order valence-corrected chi connectivity index (χ3v) is 3.61. The van der Waals surface area contributed by atoms with Crippen LogP contribution in [0.3, 0.4) is 0 Å². The van der Waals surface area contributed by atoms with E-state index in [1.165, 1.54) is 11.1 Å². The summed E-state index contributed by atoms with van der Waals surface area (Å²) < 4.78 is 0. The van der Waals surface area contributed by atoms with E-state index in [0.717, 1.165) is 16.7 Å². The Kier molecular flexibility index (Phi) is 3.57. The lowest BCUT2D eigenvalue weighted by Crippen LogP contribution is -2.20. The Hall–Kier alpha value is -1.22. The largest absolute Gasteiger partial charge is 0.510 e. The first-order valence-electron chi connectivity index (χ1n) is 5.63. The number of allylic oxidation sites excluding steroid dienone is 2. The van der Waals surface area contributed by atoms with Gasteiger partial charge in [-0.2, -0.15) is 0 Å². The molecule has 0 fully saturated rings.